The van der Waals surface area contributed by atoms with Gasteiger partial charge in [-0.25, -0.2) is 9.37 Å². The van der Waals surface area contributed by atoms with Crippen molar-refractivity contribution in [3.8, 4) is 11.6 Å². The van der Waals surface area contributed by atoms with Gasteiger partial charge in [-0.3, -0.25) is 0 Å². The highest BCUT2D eigenvalue weighted by atomic mass is 19.1. The maximum absolute atomic E-state index is 13.6. The van der Waals surface area contributed by atoms with Gasteiger partial charge < -0.3 is 15.2 Å². The van der Waals surface area contributed by atoms with Gasteiger partial charge in [0.1, 0.15) is 0 Å². The Labute approximate surface area is 123 Å². The average Bonchev–Trinajstić information content (AvgIpc) is 2.48. The second kappa shape index (κ2) is 7.04. The zero-order chi connectivity index (χ0) is 15.2. The minimum atomic E-state index is -0.367. The number of pyridine rings is 1. The second-order valence-electron chi connectivity index (χ2n) is 4.85. The molecule has 0 radical (unpaired) electrons. The highest BCUT2D eigenvalue weighted by Crippen LogP contribution is 2.19. The lowest BCUT2D eigenvalue weighted by molar-refractivity contribution is 0.386. The van der Waals surface area contributed by atoms with E-state index in [9.17, 15) is 4.39 Å². The summed E-state index contributed by atoms with van der Waals surface area (Å²) < 4.78 is 23.5. The fourth-order valence-corrected chi connectivity index (χ4v) is 2.17. The smallest absolute Gasteiger partial charge is 0.212 e. The molecule has 0 spiro atoms. The maximum atomic E-state index is 13.6. The van der Waals surface area contributed by atoms with Gasteiger partial charge in [-0.15, -0.1) is 0 Å². The molecule has 112 valence electrons. The molecule has 5 heteroatoms. The molecule has 1 aromatic heterocycles. The summed E-state index contributed by atoms with van der Waals surface area (Å²) in [5.74, 6) is 0.449. The number of hydrogen-bond donors (Lipinski definition) is 1. The highest BCUT2D eigenvalue weighted by Gasteiger charge is 2.09. The Morgan fingerprint density at radius 3 is 2.38 bits per heavy atom. The third-order valence-corrected chi connectivity index (χ3v) is 3.22. The highest BCUT2D eigenvalue weighted by molar-refractivity contribution is 5.30. The molecule has 0 aliphatic carbocycles. The van der Waals surface area contributed by atoms with Crippen LogP contribution in [0.1, 0.15) is 11.1 Å². The molecule has 21 heavy (non-hydrogen) atoms. The van der Waals surface area contributed by atoms with Gasteiger partial charge in [-0.2, -0.15) is 0 Å². The molecule has 1 unspecified atom stereocenters. The standard InChI is InChI=1S/C16H19FN2O2/c1-20-15-5-3-11(9-14(15)17)7-13(18)8-12-4-6-16(21-2)19-10-12/h3-6,9-10,13H,7-8,18H2,1-2H3. The Balaban J connectivity index is 1.97. The van der Waals surface area contributed by atoms with E-state index in [2.05, 4.69) is 4.98 Å². The molecule has 2 rings (SSSR count). The van der Waals surface area contributed by atoms with Gasteiger partial charge in [0.05, 0.1) is 14.2 Å². The number of hydrogen-bond acceptors (Lipinski definition) is 4. The van der Waals surface area contributed by atoms with Crippen molar-refractivity contribution in [1.82, 2.24) is 4.98 Å². The van der Waals surface area contributed by atoms with Crippen LogP contribution in [0.3, 0.4) is 0 Å². The van der Waals surface area contributed by atoms with E-state index in [1.165, 1.54) is 13.2 Å². The zero-order valence-corrected chi connectivity index (χ0v) is 12.2. The first kappa shape index (κ1) is 15.3. The van der Waals surface area contributed by atoms with Crippen molar-refractivity contribution >= 4 is 0 Å². The Kier molecular flexibility index (Phi) is 5.11. The molecule has 1 aromatic carbocycles. The molecule has 0 bridgehead atoms. The molecule has 2 aromatic rings. The van der Waals surface area contributed by atoms with E-state index in [-0.39, 0.29) is 17.6 Å². The summed E-state index contributed by atoms with van der Waals surface area (Å²) in [7, 11) is 3.02. The van der Waals surface area contributed by atoms with Gasteiger partial charge in [0.25, 0.3) is 0 Å². The van der Waals surface area contributed by atoms with E-state index in [0.717, 1.165) is 11.1 Å². The van der Waals surface area contributed by atoms with Crippen LogP contribution in [-0.2, 0) is 12.8 Å². The lowest BCUT2D eigenvalue weighted by Gasteiger charge is -2.12. The third-order valence-electron chi connectivity index (χ3n) is 3.22. The first-order chi connectivity index (χ1) is 10.1. The van der Waals surface area contributed by atoms with Crippen LogP contribution < -0.4 is 15.2 Å². The van der Waals surface area contributed by atoms with Crippen LogP contribution in [-0.4, -0.2) is 25.2 Å². The van der Waals surface area contributed by atoms with Crippen LogP contribution in [0.4, 0.5) is 4.39 Å². The van der Waals surface area contributed by atoms with E-state index >= 15 is 0 Å². The molecule has 4 nitrogen and oxygen atoms in total. The van der Waals surface area contributed by atoms with E-state index in [1.807, 2.05) is 12.1 Å². The number of halogens is 1. The van der Waals surface area contributed by atoms with Crippen LogP contribution in [0.15, 0.2) is 36.5 Å². The number of nitrogens with two attached hydrogens (primary N) is 1. The summed E-state index contributed by atoms with van der Waals surface area (Å²) in [5, 5.41) is 0. The topological polar surface area (TPSA) is 57.4 Å². The van der Waals surface area contributed by atoms with Crippen LogP contribution in [0.5, 0.6) is 11.6 Å². The Morgan fingerprint density at radius 2 is 1.81 bits per heavy atom. The van der Waals surface area contributed by atoms with Gasteiger partial charge in [0, 0.05) is 18.3 Å². The average molecular weight is 290 g/mol. The van der Waals surface area contributed by atoms with Gasteiger partial charge in [0.15, 0.2) is 11.6 Å². The molecular weight excluding hydrogens is 271 g/mol. The van der Waals surface area contributed by atoms with Gasteiger partial charge in [0.2, 0.25) is 5.88 Å². The number of nitrogens with zero attached hydrogens (tertiary/aromatic N) is 1. The zero-order valence-electron chi connectivity index (χ0n) is 12.2. The minimum Gasteiger partial charge on any atom is -0.494 e. The largest absolute Gasteiger partial charge is 0.494 e. The summed E-state index contributed by atoms with van der Waals surface area (Å²) in [5.41, 5.74) is 7.99. The second-order valence-corrected chi connectivity index (χ2v) is 4.85. The van der Waals surface area contributed by atoms with Crippen LogP contribution in [0, 0.1) is 5.82 Å². The minimum absolute atomic E-state index is 0.104. The molecule has 0 saturated carbocycles. The van der Waals surface area contributed by atoms with Gasteiger partial charge >= 0.3 is 0 Å². The fraction of sp³-hybridized carbons (Fsp3) is 0.312. The summed E-state index contributed by atoms with van der Waals surface area (Å²) in [4.78, 5) is 4.14. The molecule has 0 aliphatic rings. The molecular formula is C16H19FN2O2. The van der Waals surface area contributed by atoms with E-state index < -0.39 is 0 Å². The van der Waals surface area contributed by atoms with Crippen LogP contribution in [0.2, 0.25) is 0 Å². The van der Waals surface area contributed by atoms with Crippen molar-refractivity contribution < 1.29 is 13.9 Å². The third kappa shape index (κ3) is 4.16. The van der Waals surface area contributed by atoms with E-state index in [1.54, 1.807) is 25.4 Å². The number of benzene rings is 1. The number of rotatable bonds is 6. The predicted octanol–water partition coefficient (Wildman–Crippen LogP) is 2.35. The molecule has 0 fully saturated rings. The maximum Gasteiger partial charge on any atom is 0.212 e. The number of aromatic nitrogens is 1. The predicted molar refractivity (Wildman–Crippen MR) is 79.1 cm³/mol. The van der Waals surface area contributed by atoms with Crippen molar-refractivity contribution in [2.45, 2.75) is 18.9 Å². The monoisotopic (exact) mass is 290 g/mol. The molecule has 0 aliphatic heterocycles. The summed E-state index contributed by atoms with van der Waals surface area (Å²) in [6, 6.07) is 8.54. The summed E-state index contributed by atoms with van der Waals surface area (Å²) >= 11 is 0. The summed E-state index contributed by atoms with van der Waals surface area (Å²) in [6.45, 7) is 0. The normalized spacial score (nSPS) is 12.0. The number of ether oxygens (including phenoxy) is 2. The first-order valence-corrected chi connectivity index (χ1v) is 6.69. The molecule has 1 atom stereocenters. The first-order valence-electron chi connectivity index (χ1n) is 6.69. The fourth-order valence-electron chi connectivity index (χ4n) is 2.17. The van der Waals surface area contributed by atoms with Crippen molar-refractivity contribution in [1.29, 1.82) is 0 Å². The van der Waals surface area contributed by atoms with Gasteiger partial charge in [-0.05, 0) is 36.1 Å². The van der Waals surface area contributed by atoms with Crippen LogP contribution in [0.25, 0.3) is 0 Å². The van der Waals surface area contributed by atoms with Crippen molar-refractivity contribution in [2.24, 2.45) is 5.73 Å². The number of methoxy groups -OCH3 is 2. The van der Waals surface area contributed by atoms with E-state index in [0.29, 0.717) is 18.7 Å². The Bertz CT molecular complexity index is 587. The van der Waals surface area contributed by atoms with Crippen molar-refractivity contribution in [2.75, 3.05) is 14.2 Å². The van der Waals surface area contributed by atoms with Gasteiger partial charge in [-0.1, -0.05) is 12.1 Å². The molecule has 0 saturated heterocycles. The Morgan fingerprint density at radius 1 is 1.10 bits per heavy atom. The quantitative estimate of drug-likeness (QED) is 0.887. The molecule has 0 amide bonds. The lowest BCUT2D eigenvalue weighted by Crippen LogP contribution is -2.25. The summed E-state index contributed by atoms with van der Waals surface area (Å²) in [6.07, 6.45) is 3.00. The van der Waals surface area contributed by atoms with Crippen molar-refractivity contribution in [3.05, 3.63) is 53.5 Å². The van der Waals surface area contributed by atoms with Crippen LogP contribution >= 0.6 is 0 Å². The molecule has 1 heterocycles. The lowest BCUT2D eigenvalue weighted by atomic mass is 10.0. The van der Waals surface area contributed by atoms with E-state index in [4.69, 9.17) is 15.2 Å². The van der Waals surface area contributed by atoms with Crippen molar-refractivity contribution in [3.63, 3.8) is 0 Å². The molecule has 2 N–H and O–H groups in total. The Hall–Kier alpha value is -2.14. The SMILES string of the molecule is COc1ccc(CC(N)Cc2ccc(OC)c(F)c2)cn1.